The van der Waals surface area contributed by atoms with Crippen molar-refractivity contribution >= 4 is 11.8 Å². The van der Waals surface area contributed by atoms with Crippen molar-refractivity contribution in [2.45, 2.75) is 33.1 Å². The second kappa shape index (κ2) is 12.3. The summed E-state index contributed by atoms with van der Waals surface area (Å²) < 4.78 is 0. The third-order valence-electron chi connectivity index (χ3n) is 3.80. The molecule has 0 atom stereocenters. The van der Waals surface area contributed by atoms with Gasteiger partial charge < -0.3 is 19.6 Å². The fraction of sp³-hybridized carbons (Fsp3) is 0.882. The lowest BCUT2D eigenvalue weighted by molar-refractivity contribution is -0.131. The topological polar surface area (TPSA) is 47.1 Å². The first-order chi connectivity index (χ1) is 10.8. The molecule has 23 heavy (non-hydrogen) atoms. The maximum atomic E-state index is 12.0. The molecule has 0 aromatic heterocycles. The first-order valence-electron chi connectivity index (χ1n) is 8.66. The predicted octanol–water partition coefficient (Wildman–Crippen LogP) is 0.977. The molecule has 136 valence electrons. The molecule has 0 aliphatic carbocycles. The molecule has 0 rings (SSSR count). The van der Waals surface area contributed by atoms with Crippen LogP contribution in [0.5, 0.6) is 0 Å². The molecule has 0 aromatic carbocycles. The molecule has 6 heteroatoms. The standard InChI is InChI=1S/C17H36N4O2/c1-7-16(22)20(14-12-18(3)4)10-9-11-21(17(23)8-2)15-13-19(5)6/h7-15H2,1-6H3. The van der Waals surface area contributed by atoms with Crippen molar-refractivity contribution in [2.24, 2.45) is 0 Å². The maximum absolute atomic E-state index is 12.0. The van der Waals surface area contributed by atoms with Gasteiger partial charge in [0.05, 0.1) is 0 Å². The minimum absolute atomic E-state index is 0.188. The van der Waals surface area contributed by atoms with Gasteiger partial charge in [0, 0.05) is 52.1 Å². The van der Waals surface area contributed by atoms with E-state index in [1.807, 2.05) is 51.8 Å². The number of rotatable bonds is 12. The van der Waals surface area contributed by atoms with Gasteiger partial charge in [-0.05, 0) is 34.6 Å². The van der Waals surface area contributed by atoms with Crippen LogP contribution in [0.1, 0.15) is 33.1 Å². The highest BCUT2D eigenvalue weighted by Gasteiger charge is 2.15. The first kappa shape index (κ1) is 21.9. The van der Waals surface area contributed by atoms with E-state index in [2.05, 4.69) is 9.80 Å². The summed E-state index contributed by atoms with van der Waals surface area (Å²) in [5, 5.41) is 0. The number of carbonyl (C=O) groups excluding carboxylic acids is 2. The van der Waals surface area contributed by atoms with Crippen LogP contribution < -0.4 is 0 Å². The molecule has 0 radical (unpaired) electrons. The average molecular weight is 329 g/mol. The van der Waals surface area contributed by atoms with Gasteiger partial charge >= 0.3 is 0 Å². The van der Waals surface area contributed by atoms with Gasteiger partial charge in [-0.1, -0.05) is 13.8 Å². The van der Waals surface area contributed by atoms with Gasteiger partial charge in [0.2, 0.25) is 11.8 Å². The van der Waals surface area contributed by atoms with Crippen molar-refractivity contribution in [1.29, 1.82) is 0 Å². The monoisotopic (exact) mass is 328 g/mol. The van der Waals surface area contributed by atoms with E-state index in [0.717, 1.165) is 45.7 Å². The molecule has 0 fully saturated rings. The van der Waals surface area contributed by atoms with E-state index in [1.165, 1.54) is 0 Å². The van der Waals surface area contributed by atoms with E-state index >= 15 is 0 Å². The Morgan fingerprint density at radius 1 is 0.609 bits per heavy atom. The maximum Gasteiger partial charge on any atom is 0.222 e. The highest BCUT2D eigenvalue weighted by atomic mass is 16.2. The SMILES string of the molecule is CCC(=O)N(CCCN(CCN(C)C)C(=O)CC)CCN(C)C. The summed E-state index contributed by atoms with van der Waals surface area (Å²) in [6, 6.07) is 0. The van der Waals surface area contributed by atoms with Crippen LogP contribution in [0.3, 0.4) is 0 Å². The number of carbonyl (C=O) groups is 2. The molecule has 0 saturated heterocycles. The zero-order valence-electron chi connectivity index (χ0n) is 16.0. The number of likely N-dealkylation sites (N-methyl/N-ethyl adjacent to an activating group) is 2. The van der Waals surface area contributed by atoms with Crippen LogP contribution in [-0.2, 0) is 9.59 Å². The van der Waals surface area contributed by atoms with Gasteiger partial charge in [0.1, 0.15) is 0 Å². The summed E-state index contributed by atoms with van der Waals surface area (Å²) in [6.07, 6.45) is 1.90. The zero-order valence-corrected chi connectivity index (χ0v) is 16.0. The summed E-state index contributed by atoms with van der Waals surface area (Å²) in [6.45, 7) is 8.46. The normalized spacial score (nSPS) is 11.1. The number of amides is 2. The molecule has 0 saturated carbocycles. The van der Waals surface area contributed by atoms with E-state index in [9.17, 15) is 9.59 Å². The molecular formula is C17H36N4O2. The summed E-state index contributed by atoms with van der Waals surface area (Å²) in [5.41, 5.74) is 0. The quantitative estimate of drug-likeness (QED) is 0.536. The van der Waals surface area contributed by atoms with Gasteiger partial charge in [-0.2, -0.15) is 0 Å². The Kier molecular flexibility index (Phi) is 11.7. The van der Waals surface area contributed by atoms with Crippen LogP contribution in [0.15, 0.2) is 0 Å². The predicted molar refractivity (Wildman–Crippen MR) is 95.5 cm³/mol. The van der Waals surface area contributed by atoms with Crippen LogP contribution in [-0.4, -0.2) is 98.9 Å². The smallest absolute Gasteiger partial charge is 0.222 e. The van der Waals surface area contributed by atoms with Gasteiger partial charge in [0.25, 0.3) is 0 Å². The van der Waals surface area contributed by atoms with Crippen molar-refractivity contribution in [1.82, 2.24) is 19.6 Å². The highest BCUT2D eigenvalue weighted by molar-refractivity contribution is 5.76. The van der Waals surface area contributed by atoms with Crippen LogP contribution in [0.4, 0.5) is 0 Å². The molecular weight excluding hydrogens is 292 g/mol. The van der Waals surface area contributed by atoms with E-state index < -0.39 is 0 Å². The van der Waals surface area contributed by atoms with Crippen LogP contribution in [0.25, 0.3) is 0 Å². The van der Waals surface area contributed by atoms with Crippen LogP contribution in [0.2, 0.25) is 0 Å². The molecule has 0 aliphatic rings. The Bertz CT molecular complexity index is 313. The molecule has 0 aliphatic heterocycles. The highest BCUT2D eigenvalue weighted by Crippen LogP contribution is 2.01. The van der Waals surface area contributed by atoms with Gasteiger partial charge in [0.15, 0.2) is 0 Å². The Morgan fingerprint density at radius 2 is 0.957 bits per heavy atom. The molecule has 0 heterocycles. The minimum atomic E-state index is 0.188. The fourth-order valence-corrected chi connectivity index (χ4v) is 2.26. The third kappa shape index (κ3) is 10.3. The summed E-state index contributed by atoms with van der Waals surface area (Å²) in [4.78, 5) is 32.1. The minimum Gasteiger partial charge on any atom is -0.341 e. The molecule has 0 unspecified atom stereocenters. The van der Waals surface area contributed by atoms with E-state index in [-0.39, 0.29) is 11.8 Å². The van der Waals surface area contributed by atoms with Crippen LogP contribution >= 0.6 is 0 Å². The molecule has 0 bridgehead atoms. The molecule has 6 nitrogen and oxygen atoms in total. The Hall–Kier alpha value is -1.14. The van der Waals surface area contributed by atoms with Crippen molar-refractivity contribution in [3.63, 3.8) is 0 Å². The largest absolute Gasteiger partial charge is 0.341 e. The van der Waals surface area contributed by atoms with Crippen molar-refractivity contribution in [2.75, 3.05) is 67.5 Å². The summed E-state index contributed by atoms with van der Waals surface area (Å²) in [7, 11) is 8.05. The van der Waals surface area contributed by atoms with Crippen molar-refractivity contribution in [3.05, 3.63) is 0 Å². The second-order valence-corrected chi connectivity index (χ2v) is 6.43. The molecule has 0 spiro atoms. The lowest BCUT2D eigenvalue weighted by Crippen LogP contribution is -2.40. The van der Waals surface area contributed by atoms with E-state index in [1.54, 1.807) is 0 Å². The second-order valence-electron chi connectivity index (χ2n) is 6.43. The van der Waals surface area contributed by atoms with Gasteiger partial charge in [-0.3, -0.25) is 9.59 Å². The molecule has 2 amide bonds. The van der Waals surface area contributed by atoms with Crippen LogP contribution in [0, 0.1) is 0 Å². The number of hydrogen-bond donors (Lipinski definition) is 0. The summed E-state index contributed by atoms with van der Waals surface area (Å²) >= 11 is 0. The Morgan fingerprint density at radius 3 is 1.22 bits per heavy atom. The third-order valence-corrected chi connectivity index (χ3v) is 3.80. The van der Waals surface area contributed by atoms with Crippen molar-refractivity contribution < 1.29 is 9.59 Å². The van der Waals surface area contributed by atoms with E-state index in [0.29, 0.717) is 12.8 Å². The fourth-order valence-electron chi connectivity index (χ4n) is 2.26. The summed E-state index contributed by atoms with van der Waals surface area (Å²) in [5.74, 6) is 0.377. The number of nitrogens with zero attached hydrogens (tertiary/aromatic N) is 4. The first-order valence-corrected chi connectivity index (χ1v) is 8.66. The Labute approximate surface area is 142 Å². The van der Waals surface area contributed by atoms with Gasteiger partial charge in [-0.25, -0.2) is 0 Å². The molecule has 0 aromatic rings. The van der Waals surface area contributed by atoms with Gasteiger partial charge in [-0.15, -0.1) is 0 Å². The lowest BCUT2D eigenvalue weighted by Gasteiger charge is -2.27. The average Bonchev–Trinajstić information content (AvgIpc) is 2.51. The lowest BCUT2D eigenvalue weighted by atomic mass is 10.3. The van der Waals surface area contributed by atoms with Crippen molar-refractivity contribution in [3.8, 4) is 0 Å². The number of hydrogen-bond acceptors (Lipinski definition) is 4. The Balaban J connectivity index is 4.42. The van der Waals surface area contributed by atoms with E-state index in [4.69, 9.17) is 0 Å². The molecule has 0 N–H and O–H groups in total. The zero-order chi connectivity index (χ0) is 17.8.